The zero-order chi connectivity index (χ0) is 16.7. The molecule has 2 N–H and O–H groups in total. The Kier molecular flexibility index (Phi) is 3.25. The number of nitrogens with zero attached hydrogens (tertiary/aromatic N) is 5. The first-order valence-electron chi connectivity index (χ1n) is 7.22. The quantitative estimate of drug-likeness (QED) is 0.608. The van der Waals surface area contributed by atoms with E-state index in [1.54, 1.807) is 11.3 Å². The normalized spacial score (nSPS) is 10.8. The van der Waals surface area contributed by atoms with Gasteiger partial charge in [0.2, 0.25) is 0 Å². The molecule has 1 aromatic carbocycles. The van der Waals surface area contributed by atoms with Crippen LogP contribution in [-0.2, 0) is 0 Å². The molecule has 0 aliphatic carbocycles. The molecule has 0 aliphatic rings. The van der Waals surface area contributed by atoms with Crippen molar-refractivity contribution in [2.75, 3.05) is 5.73 Å². The van der Waals surface area contributed by atoms with E-state index in [1.165, 1.54) is 22.8 Å². The van der Waals surface area contributed by atoms with Gasteiger partial charge in [0.15, 0.2) is 5.82 Å². The molecule has 4 aromatic rings. The molecule has 0 saturated carbocycles. The summed E-state index contributed by atoms with van der Waals surface area (Å²) in [5, 5.41) is 16.2. The van der Waals surface area contributed by atoms with Gasteiger partial charge < -0.3 is 5.73 Å². The predicted octanol–water partition coefficient (Wildman–Crippen LogP) is 3.31. The number of nitriles is 1. The van der Waals surface area contributed by atoms with Crippen molar-refractivity contribution in [2.45, 2.75) is 6.92 Å². The summed E-state index contributed by atoms with van der Waals surface area (Å²) in [6.45, 7) is 2.05. The second kappa shape index (κ2) is 5.44. The van der Waals surface area contributed by atoms with Gasteiger partial charge in [0, 0.05) is 10.9 Å². The lowest BCUT2D eigenvalue weighted by molar-refractivity contribution is 0.862. The summed E-state index contributed by atoms with van der Waals surface area (Å²) in [4.78, 5) is 9.57. The number of rotatable bonds is 2. The average molecular weight is 332 g/mol. The van der Waals surface area contributed by atoms with Crippen molar-refractivity contribution in [1.82, 2.24) is 19.7 Å². The Hall–Kier alpha value is -3.24. The molecule has 0 bridgehead atoms. The number of hydrogen-bond donors (Lipinski definition) is 1. The molecule has 6 nitrogen and oxygen atoms in total. The van der Waals surface area contributed by atoms with Crippen LogP contribution < -0.4 is 5.73 Å². The fraction of sp³-hybridized carbons (Fsp3) is 0.0588. The number of aromatic nitrogens is 4. The van der Waals surface area contributed by atoms with E-state index in [2.05, 4.69) is 51.6 Å². The highest BCUT2D eigenvalue weighted by Gasteiger charge is 2.17. The Balaban J connectivity index is 2.00. The number of fused-ring (bicyclic) bond motifs is 1. The number of hydrogen-bond acceptors (Lipinski definition) is 6. The molecule has 0 unspecified atom stereocenters. The van der Waals surface area contributed by atoms with Gasteiger partial charge in [0.05, 0.1) is 11.6 Å². The minimum absolute atomic E-state index is 0.276. The molecule has 0 fully saturated rings. The summed E-state index contributed by atoms with van der Waals surface area (Å²) in [5.41, 5.74) is 9.67. The third-order valence-electron chi connectivity index (χ3n) is 3.84. The van der Waals surface area contributed by atoms with Gasteiger partial charge in [0.1, 0.15) is 28.6 Å². The maximum Gasteiger partial charge on any atom is 0.168 e. The number of nitrogen functional groups attached to an aromatic ring is 1. The van der Waals surface area contributed by atoms with Crippen LogP contribution in [0.1, 0.15) is 11.1 Å². The number of nitrogens with two attached hydrogens (primary N) is 1. The summed E-state index contributed by atoms with van der Waals surface area (Å²) < 4.78 is 1.49. The van der Waals surface area contributed by atoms with Crippen LogP contribution in [0.25, 0.3) is 27.2 Å². The lowest BCUT2D eigenvalue weighted by Gasteiger charge is -2.07. The van der Waals surface area contributed by atoms with Crippen LogP contribution in [0.4, 0.5) is 5.82 Å². The molecule has 24 heavy (non-hydrogen) atoms. The van der Waals surface area contributed by atoms with Crippen molar-refractivity contribution >= 4 is 27.4 Å². The molecule has 116 valence electrons. The van der Waals surface area contributed by atoms with Crippen molar-refractivity contribution < 1.29 is 0 Å². The molecular formula is C17H12N6S. The Labute approximate surface area is 141 Å². The smallest absolute Gasteiger partial charge is 0.168 e. The average Bonchev–Trinajstić information content (AvgIpc) is 3.19. The minimum atomic E-state index is 0.276. The van der Waals surface area contributed by atoms with E-state index in [0.717, 1.165) is 21.3 Å². The van der Waals surface area contributed by atoms with Crippen LogP contribution >= 0.6 is 11.3 Å². The fourth-order valence-corrected chi connectivity index (χ4v) is 3.49. The largest absolute Gasteiger partial charge is 0.382 e. The Morgan fingerprint density at radius 1 is 1.21 bits per heavy atom. The lowest BCUT2D eigenvalue weighted by Crippen LogP contribution is -2.05. The molecule has 0 radical (unpaired) electrons. The third kappa shape index (κ3) is 2.13. The van der Waals surface area contributed by atoms with Crippen molar-refractivity contribution in [3.8, 4) is 23.0 Å². The Morgan fingerprint density at radius 2 is 2.00 bits per heavy atom. The highest BCUT2D eigenvalue weighted by Crippen LogP contribution is 2.36. The van der Waals surface area contributed by atoms with Crippen LogP contribution in [0.15, 0.2) is 42.2 Å². The number of aryl methyl sites for hydroxylation is 1. The summed E-state index contributed by atoms with van der Waals surface area (Å²) in [7, 11) is 0. The number of benzene rings is 1. The van der Waals surface area contributed by atoms with Gasteiger partial charge in [-0.05, 0) is 12.5 Å². The van der Waals surface area contributed by atoms with Gasteiger partial charge in [-0.15, -0.1) is 11.3 Å². The summed E-state index contributed by atoms with van der Waals surface area (Å²) in [6.07, 6.45) is 2.93. The summed E-state index contributed by atoms with van der Waals surface area (Å²) in [6, 6.07) is 10.3. The second-order valence-corrected chi connectivity index (χ2v) is 6.22. The first-order chi connectivity index (χ1) is 11.7. The van der Waals surface area contributed by atoms with Crippen molar-refractivity contribution in [2.24, 2.45) is 0 Å². The summed E-state index contributed by atoms with van der Waals surface area (Å²) >= 11 is 1.54. The van der Waals surface area contributed by atoms with Crippen LogP contribution in [-0.4, -0.2) is 19.7 Å². The first kappa shape index (κ1) is 14.4. The van der Waals surface area contributed by atoms with Crippen molar-refractivity contribution in [1.29, 1.82) is 5.26 Å². The fourth-order valence-electron chi connectivity index (χ4n) is 2.58. The maximum absolute atomic E-state index is 9.10. The standard InChI is InChI=1S/C17H12N6S/c1-10-2-4-11(5-3-10)13-8-24-17-14(13)16(20-9-21-17)23-15(19)12(6-18)7-22-23/h2-5,7-9H,19H2,1H3. The molecule has 3 aromatic heterocycles. The van der Waals surface area contributed by atoms with Gasteiger partial charge in [0.25, 0.3) is 0 Å². The third-order valence-corrected chi connectivity index (χ3v) is 4.73. The van der Waals surface area contributed by atoms with E-state index < -0.39 is 0 Å². The zero-order valence-electron chi connectivity index (χ0n) is 12.8. The van der Waals surface area contributed by atoms with E-state index in [0.29, 0.717) is 11.4 Å². The highest BCUT2D eigenvalue weighted by molar-refractivity contribution is 7.17. The minimum Gasteiger partial charge on any atom is -0.382 e. The first-order valence-corrected chi connectivity index (χ1v) is 8.10. The van der Waals surface area contributed by atoms with E-state index in [4.69, 9.17) is 11.0 Å². The topological polar surface area (TPSA) is 93.4 Å². The van der Waals surface area contributed by atoms with E-state index in [9.17, 15) is 0 Å². The molecule has 4 rings (SSSR count). The van der Waals surface area contributed by atoms with Gasteiger partial charge >= 0.3 is 0 Å². The predicted molar refractivity (Wildman–Crippen MR) is 93.8 cm³/mol. The van der Waals surface area contributed by atoms with Crippen molar-refractivity contribution in [3.05, 3.63) is 53.3 Å². The number of anilines is 1. The van der Waals surface area contributed by atoms with Gasteiger partial charge in [-0.25, -0.2) is 9.97 Å². The molecule has 0 spiro atoms. The van der Waals surface area contributed by atoms with Gasteiger partial charge in [-0.1, -0.05) is 29.8 Å². The lowest BCUT2D eigenvalue weighted by atomic mass is 10.0. The molecule has 0 atom stereocenters. The van der Waals surface area contributed by atoms with Crippen LogP contribution in [0.3, 0.4) is 0 Å². The molecular weight excluding hydrogens is 320 g/mol. The van der Waals surface area contributed by atoms with E-state index in [-0.39, 0.29) is 5.82 Å². The summed E-state index contributed by atoms with van der Waals surface area (Å²) in [5.74, 6) is 0.856. The van der Waals surface area contributed by atoms with Gasteiger partial charge in [-0.3, -0.25) is 0 Å². The van der Waals surface area contributed by atoms with Gasteiger partial charge in [-0.2, -0.15) is 15.0 Å². The van der Waals surface area contributed by atoms with Crippen LogP contribution in [0.2, 0.25) is 0 Å². The van der Waals surface area contributed by atoms with Crippen LogP contribution in [0, 0.1) is 18.3 Å². The van der Waals surface area contributed by atoms with E-state index in [1.807, 2.05) is 6.07 Å². The second-order valence-electron chi connectivity index (χ2n) is 5.36. The molecule has 0 saturated heterocycles. The highest BCUT2D eigenvalue weighted by atomic mass is 32.1. The monoisotopic (exact) mass is 332 g/mol. The molecule has 0 aliphatic heterocycles. The Bertz CT molecular complexity index is 1080. The zero-order valence-corrected chi connectivity index (χ0v) is 13.6. The molecule has 0 amide bonds. The molecule has 3 heterocycles. The molecule has 7 heteroatoms. The SMILES string of the molecule is Cc1ccc(-c2csc3ncnc(-n4ncc(C#N)c4N)c23)cc1. The van der Waals surface area contributed by atoms with Crippen LogP contribution in [0.5, 0.6) is 0 Å². The van der Waals surface area contributed by atoms with E-state index >= 15 is 0 Å². The van der Waals surface area contributed by atoms with Crippen molar-refractivity contribution in [3.63, 3.8) is 0 Å². The maximum atomic E-state index is 9.10. The number of thiophene rings is 1. The Morgan fingerprint density at radius 3 is 2.71 bits per heavy atom.